The second kappa shape index (κ2) is 6.17. The number of hydrogen-bond acceptors (Lipinski definition) is 4. The summed E-state index contributed by atoms with van der Waals surface area (Å²) in [6.45, 7) is 5.23. The zero-order valence-electron chi connectivity index (χ0n) is 11.7. The normalized spacial score (nSPS) is 19.9. The number of methoxy groups -OCH3 is 1. The fraction of sp³-hybridized carbons (Fsp3) is 0.533. The molecule has 1 N–H and O–H groups in total. The van der Waals surface area contributed by atoms with Gasteiger partial charge in [-0.15, -0.1) is 0 Å². The molecule has 0 fully saturated rings. The van der Waals surface area contributed by atoms with E-state index in [2.05, 4.69) is 17.4 Å². The summed E-state index contributed by atoms with van der Waals surface area (Å²) in [5, 5.41) is 3.36. The van der Waals surface area contributed by atoms with E-state index >= 15 is 0 Å². The first-order valence-corrected chi connectivity index (χ1v) is 6.63. The van der Waals surface area contributed by atoms with Gasteiger partial charge in [-0.1, -0.05) is 38.1 Å². The van der Waals surface area contributed by atoms with Crippen molar-refractivity contribution in [3.05, 3.63) is 35.4 Å². The van der Waals surface area contributed by atoms with Crippen LogP contribution in [0.5, 0.6) is 0 Å². The minimum atomic E-state index is -0.315. The average Bonchev–Trinajstić information content (AvgIpc) is 2.43. The van der Waals surface area contributed by atoms with Crippen molar-refractivity contribution in [2.75, 3.05) is 13.7 Å². The molecule has 0 radical (unpaired) electrons. The zero-order valence-corrected chi connectivity index (χ0v) is 11.7. The van der Waals surface area contributed by atoms with E-state index in [1.807, 2.05) is 26.0 Å². The molecule has 19 heavy (non-hydrogen) atoms. The lowest BCUT2D eigenvalue weighted by Crippen LogP contribution is -2.45. The van der Waals surface area contributed by atoms with E-state index in [4.69, 9.17) is 9.47 Å². The highest BCUT2D eigenvalue weighted by Crippen LogP contribution is 2.25. The third kappa shape index (κ3) is 3.14. The third-order valence-corrected chi connectivity index (χ3v) is 3.48. The number of ether oxygens (including phenoxy) is 2. The third-order valence-electron chi connectivity index (χ3n) is 3.48. The Hall–Kier alpha value is -1.39. The first kappa shape index (κ1) is 14.0. The minimum Gasteiger partial charge on any atom is -0.468 e. The fourth-order valence-corrected chi connectivity index (χ4v) is 2.40. The second-order valence-corrected chi connectivity index (χ2v) is 5.18. The van der Waals surface area contributed by atoms with Gasteiger partial charge in [0.05, 0.1) is 26.4 Å². The molecule has 1 aromatic rings. The molecule has 0 aliphatic carbocycles. The van der Waals surface area contributed by atoms with Crippen molar-refractivity contribution in [2.24, 2.45) is 5.92 Å². The number of benzene rings is 1. The summed E-state index contributed by atoms with van der Waals surface area (Å²) >= 11 is 0. The molecule has 4 heteroatoms. The lowest BCUT2D eigenvalue weighted by Gasteiger charge is -2.31. The Balaban J connectivity index is 2.17. The van der Waals surface area contributed by atoms with E-state index in [0.29, 0.717) is 13.2 Å². The Morgan fingerprint density at radius 1 is 1.42 bits per heavy atom. The van der Waals surface area contributed by atoms with Crippen LogP contribution in [0.15, 0.2) is 24.3 Å². The summed E-state index contributed by atoms with van der Waals surface area (Å²) in [7, 11) is 1.42. The van der Waals surface area contributed by atoms with Crippen molar-refractivity contribution >= 4 is 5.97 Å². The average molecular weight is 263 g/mol. The monoisotopic (exact) mass is 263 g/mol. The van der Waals surface area contributed by atoms with Gasteiger partial charge in [0, 0.05) is 0 Å². The quantitative estimate of drug-likeness (QED) is 0.845. The van der Waals surface area contributed by atoms with Gasteiger partial charge in [-0.25, -0.2) is 0 Å². The lowest BCUT2D eigenvalue weighted by atomic mass is 9.96. The first-order valence-electron chi connectivity index (χ1n) is 6.63. The van der Waals surface area contributed by atoms with Gasteiger partial charge in [-0.05, 0) is 17.0 Å². The molecule has 1 aromatic carbocycles. The number of fused-ring (bicyclic) bond motifs is 1. The van der Waals surface area contributed by atoms with E-state index in [-0.39, 0.29) is 24.0 Å². The topological polar surface area (TPSA) is 47.6 Å². The lowest BCUT2D eigenvalue weighted by molar-refractivity contribution is -0.144. The van der Waals surface area contributed by atoms with Gasteiger partial charge in [-0.2, -0.15) is 0 Å². The highest BCUT2D eigenvalue weighted by Gasteiger charge is 2.29. The molecule has 0 bridgehead atoms. The predicted octanol–water partition coefficient (Wildman–Crippen LogP) is 2.05. The predicted molar refractivity (Wildman–Crippen MR) is 72.6 cm³/mol. The van der Waals surface area contributed by atoms with Gasteiger partial charge in [0.1, 0.15) is 6.04 Å². The molecule has 4 nitrogen and oxygen atoms in total. The summed E-state index contributed by atoms with van der Waals surface area (Å²) < 4.78 is 10.4. The molecule has 2 atom stereocenters. The number of carbonyl (C=O) groups is 1. The maximum Gasteiger partial charge on any atom is 0.323 e. The number of rotatable bonds is 4. The van der Waals surface area contributed by atoms with E-state index in [0.717, 1.165) is 0 Å². The van der Waals surface area contributed by atoms with Crippen LogP contribution in [-0.2, 0) is 20.9 Å². The van der Waals surface area contributed by atoms with E-state index in [1.54, 1.807) is 0 Å². The van der Waals surface area contributed by atoms with Crippen LogP contribution in [0.3, 0.4) is 0 Å². The van der Waals surface area contributed by atoms with Gasteiger partial charge in [0.2, 0.25) is 0 Å². The molecule has 0 aromatic heterocycles. The van der Waals surface area contributed by atoms with Crippen LogP contribution in [0.4, 0.5) is 0 Å². The summed E-state index contributed by atoms with van der Waals surface area (Å²) in [6, 6.07) is 7.89. The van der Waals surface area contributed by atoms with Crippen LogP contribution in [0.2, 0.25) is 0 Å². The Morgan fingerprint density at radius 2 is 2.16 bits per heavy atom. The number of carbonyl (C=O) groups excluding carboxylic acids is 1. The molecule has 1 unspecified atom stereocenters. The number of esters is 1. The summed E-state index contributed by atoms with van der Waals surface area (Å²) in [5.74, 6) is -0.0559. The molecule has 0 saturated heterocycles. The smallest absolute Gasteiger partial charge is 0.323 e. The Morgan fingerprint density at radius 3 is 2.84 bits per heavy atom. The van der Waals surface area contributed by atoms with Crippen LogP contribution in [0.25, 0.3) is 0 Å². The molecule has 1 aliphatic rings. The molecule has 0 amide bonds. The highest BCUT2D eigenvalue weighted by atomic mass is 16.5. The molecule has 0 saturated carbocycles. The van der Waals surface area contributed by atoms with Crippen LogP contribution in [0.1, 0.15) is 31.0 Å². The van der Waals surface area contributed by atoms with Gasteiger partial charge >= 0.3 is 5.97 Å². The van der Waals surface area contributed by atoms with Crippen molar-refractivity contribution in [3.8, 4) is 0 Å². The molecular weight excluding hydrogens is 242 g/mol. The van der Waals surface area contributed by atoms with Crippen molar-refractivity contribution < 1.29 is 14.3 Å². The maximum absolute atomic E-state index is 11.8. The van der Waals surface area contributed by atoms with E-state index in [9.17, 15) is 4.79 Å². The van der Waals surface area contributed by atoms with Crippen LogP contribution in [-0.4, -0.2) is 25.7 Å². The van der Waals surface area contributed by atoms with Crippen LogP contribution in [0, 0.1) is 5.92 Å². The summed E-state index contributed by atoms with van der Waals surface area (Å²) in [6.07, 6.45) is 0. The maximum atomic E-state index is 11.8. The zero-order chi connectivity index (χ0) is 13.8. The second-order valence-electron chi connectivity index (χ2n) is 5.18. The van der Waals surface area contributed by atoms with Crippen molar-refractivity contribution in [1.82, 2.24) is 5.32 Å². The molecule has 1 heterocycles. The van der Waals surface area contributed by atoms with Gasteiger partial charge in [-0.3, -0.25) is 10.1 Å². The van der Waals surface area contributed by atoms with Crippen molar-refractivity contribution in [1.29, 1.82) is 0 Å². The van der Waals surface area contributed by atoms with Crippen molar-refractivity contribution in [2.45, 2.75) is 32.5 Å². The van der Waals surface area contributed by atoms with Crippen LogP contribution >= 0.6 is 0 Å². The summed E-state index contributed by atoms with van der Waals surface area (Å²) in [5.41, 5.74) is 2.39. The van der Waals surface area contributed by atoms with E-state index in [1.165, 1.54) is 18.2 Å². The Kier molecular flexibility index (Phi) is 4.56. The van der Waals surface area contributed by atoms with Crippen LogP contribution < -0.4 is 5.32 Å². The van der Waals surface area contributed by atoms with E-state index < -0.39 is 0 Å². The largest absolute Gasteiger partial charge is 0.468 e. The highest BCUT2D eigenvalue weighted by molar-refractivity contribution is 5.76. The minimum absolute atomic E-state index is 0.0384. The molecule has 2 rings (SSSR count). The number of hydrogen-bond donors (Lipinski definition) is 1. The van der Waals surface area contributed by atoms with Gasteiger partial charge < -0.3 is 9.47 Å². The molecule has 0 spiro atoms. The molecule has 1 aliphatic heterocycles. The van der Waals surface area contributed by atoms with Gasteiger partial charge in [0.15, 0.2) is 0 Å². The first-order chi connectivity index (χ1) is 9.13. The molecule has 104 valence electrons. The Bertz CT molecular complexity index is 445. The fourth-order valence-electron chi connectivity index (χ4n) is 2.40. The molecular formula is C15H21NO3. The van der Waals surface area contributed by atoms with Gasteiger partial charge in [0.25, 0.3) is 0 Å². The number of nitrogens with one attached hydrogen (secondary N) is 1. The standard InChI is InChI=1S/C15H21NO3/c1-10(2)14(15(17)18-3)16-13-9-19-8-11-6-4-5-7-12(11)13/h4-7,10,13-14,16H,8-9H2,1-3H3/t13?,14-/m0/s1. The Labute approximate surface area is 114 Å². The summed E-state index contributed by atoms with van der Waals surface area (Å²) in [4.78, 5) is 11.8. The SMILES string of the molecule is COC(=O)[C@@H](NC1COCc2ccccc21)C(C)C. The van der Waals surface area contributed by atoms with Crippen molar-refractivity contribution in [3.63, 3.8) is 0 Å².